The van der Waals surface area contributed by atoms with Gasteiger partial charge in [0, 0.05) is 6.61 Å². The van der Waals surface area contributed by atoms with Gasteiger partial charge in [-0.1, -0.05) is 0 Å². The molecule has 0 saturated carbocycles. The van der Waals surface area contributed by atoms with Gasteiger partial charge in [-0.15, -0.1) is 0 Å². The Kier molecular flexibility index (Phi) is 3.59. The maximum Gasteiger partial charge on any atom is 0.404 e. The lowest BCUT2D eigenvalue weighted by Gasteiger charge is -1.95. The number of rotatable bonds is 4. The van der Waals surface area contributed by atoms with Crippen LogP contribution in [0.1, 0.15) is 12.1 Å². The number of aliphatic hydroxyl groups is 1. The summed E-state index contributed by atoms with van der Waals surface area (Å²) in [6.07, 6.45) is 0.534. The molecule has 7 heteroatoms. The molecule has 0 aliphatic rings. The van der Waals surface area contributed by atoms with Crippen LogP contribution in [-0.2, 0) is 6.54 Å². The van der Waals surface area contributed by atoms with Crippen molar-refractivity contribution in [2.24, 2.45) is 0 Å². The number of aliphatic hydroxyl groups excluding tert-OH is 1. The van der Waals surface area contributed by atoms with Gasteiger partial charge in [0.15, 0.2) is 0 Å². The fourth-order valence-electron chi connectivity index (χ4n) is 1.06. The number of hydrogen-bond donors (Lipinski definition) is 1. The normalized spacial score (nSPS) is 10.5. The van der Waals surface area contributed by atoms with Crippen molar-refractivity contribution in [1.29, 1.82) is 0 Å². The van der Waals surface area contributed by atoms with Gasteiger partial charge in [0.2, 0.25) is 0 Å². The quantitative estimate of drug-likeness (QED) is 0.655. The molecule has 1 aromatic rings. The molecular formula is C7H10BrN3O3. The van der Waals surface area contributed by atoms with Crippen LogP contribution in [0.2, 0.25) is 0 Å². The van der Waals surface area contributed by atoms with Crippen molar-refractivity contribution in [1.82, 2.24) is 9.78 Å². The molecule has 0 atom stereocenters. The van der Waals surface area contributed by atoms with Crippen molar-refractivity contribution in [3.8, 4) is 0 Å². The van der Waals surface area contributed by atoms with E-state index in [2.05, 4.69) is 21.0 Å². The fourth-order valence-corrected chi connectivity index (χ4v) is 1.49. The molecule has 14 heavy (non-hydrogen) atoms. The number of aromatic nitrogens is 2. The largest absolute Gasteiger partial charge is 0.404 e. The zero-order valence-corrected chi connectivity index (χ0v) is 9.19. The third kappa shape index (κ3) is 2.10. The molecular weight excluding hydrogens is 254 g/mol. The van der Waals surface area contributed by atoms with Crippen molar-refractivity contribution in [2.45, 2.75) is 19.9 Å². The van der Waals surface area contributed by atoms with E-state index in [0.29, 0.717) is 23.1 Å². The number of nitrogens with zero attached hydrogens (tertiary/aromatic N) is 3. The van der Waals surface area contributed by atoms with E-state index in [4.69, 9.17) is 5.11 Å². The zero-order valence-electron chi connectivity index (χ0n) is 7.60. The zero-order chi connectivity index (χ0) is 10.7. The average Bonchev–Trinajstić information content (AvgIpc) is 2.42. The van der Waals surface area contributed by atoms with Crippen molar-refractivity contribution >= 4 is 21.7 Å². The summed E-state index contributed by atoms with van der Waals surface area (Å²) >= 11 is 3.11. The minimum atomic E-state index is -0.535. The Morgan fingerprint density at radius 1 is 1.71 bits per heavy atom. The lowest BCUT2D eigenvalue weighted by Crippen LogP contribution is -2.04. The molecule has 0 fully saturated rings. The molecule has 0 amide bonds. The smallest absolute Gasteiger partial charge is 0.396 e. The topological polar surface area (TPSA) is 81.2 Å². The molecule has 0 aliphatic carbocycles. The predicted octanol–water partition coefficient (Wildman–Crippen LogP) is 1.24. The van der Waals surface area contributed by atoms with Crippen LogP contribution in [0.5, 0.6) is 0 Å². The molecule has 0 bridgehead atoms. The second-order valence-corrected chi connectivity index (χ2v) is 3.57. The fraction of sp³-hybridized carbons (Fsp3) is 0.571. The maximum atomic E-state index is 10.5. The van der Waals surface area contributed by atoms with Gasteiger partial charge in [0.1, 0.15) is 4.47 Å². The molecule has 0 radical (unpaired) electrons. The summed E-state index contributed by atoms with van der Waals surface area (Å²) < 4.78 is 1.92. The molecule has 0 aliphatic heterocycles. The highest BCUT2D eigenvalue weighted by Crippen LogP contribution is 2.26. The molecule has 0 unspecified atom stereocenters. The Bertz CT molecular complexity index is 350. The number of hydrogen-bond acceptors (Lipinski definition) is 4. The monoisotopic (exact) mass is 263 g/mol. The molecule has 78 valence electrons. The third-order valence-corrected chi connectivity index (χ3v) is 2.75. The highest BCUT2D eigenvalue weighted by Gasteiger charge is 2.22. The number of aryl methyl sites for hydroxylation is 1. The van der Waals surface area contributed by atoms with E-state index in [1.807, 2.05) is 0 Å². The van der Waals surface area contributed by atoms with E-state index in [-0.39, 0.29) is 12.4 Å². The van der Waals surface area contributed by atoms with Gasteiger partial charge in [0.05, 0.1) is 17.3 Å². The first kappa shape index (κ1) is 11.1. The summed E-state index contributed by atoms with van der Waals surface area (Å²) in [4.78, 5) is 9.98. The Hall–Kier alpha value is -0.950. The lowest BCUT2D eigenvalue weighted by molar-refractivity contribution is -0.390. The molecule has 1 N–H and O–H groups in total. The van der Waals surface area contributed by atoms with Gasteiger partial charge in [-0.05, 0) is 34.2 Å². The molecule has 0 spiro atoms. The van der Waals surface area contributed by atoms with Crippen LogP contribution in [0.25, 0.3) is 0 Å². The van der Waals surface area contributed by atoms with Gasteiger partial charge >= 0.3 is 5.82 Å². The van der Waals surface area contributed by atoms with E-state index < -0.39 is 4.92 Å². The minimum Gasteiger partial charge on any atom is -0.396 e. The van der Waals surface area contributed by atoms with Crippen molar-refractivity contribution in [2.75, 3.05) is 6.61 Å². The summed E-state index contributed by atoms with van der Waals surface area (Å²) in [6, 6.07) is 0. The highest BCUT2D eigenvalue weighted by molar-refractivity contribution is 9.10. The molecule has 0 aromatic carbocycles. The van der Waals surface area contributed by atoms with Crippen molar-refractivity contribution < 1.29 is 10.0 Å². The summed E-state index contributed by atoms with van der Waals surface area (Å²) in [6.45, 7) is 2.26. The van der Waals surface area contributed by atoms with E-state index in [1.54, 1.807) is 6.92 Å². The van der Waals surface area contributed by atoms with Gasteiger partial charge in [-0.25, -0.2) is 0 Å². The predicted molar refractivity (Wildman–Crippen MR) is 53.0 cm³/mol. The standard InChI is InChI=1S/C7H10BrN3O3/c1-5-6(8)7(11(13)14)9-10(5)3-2-4-12/h12H,2-4H2,1H3. The van der Waals surface area contributed by atoms with Crippen LogP contribution in [-0.4, -0.2) is 26.4 Å². The summed E-state index contributed by atoms with van der Waals surface area (Å²) in [5.41, 5.74) is 0.699. The van der Waals surface area contributed by atoms with Crippen LogP contribution in [0.4, 0.5) is 5.82 Å². The summed E-state index contributed by atoms with van der Waals surface area (Å²) in [7, 11) is 0. The summed E-state index contributed by atoms with van der Waals surface area (Å²) in [5.74, 6) is -0.180. The molecule has 1 rings (SSSR count). The highest BCUT2D eigenvalue weighted by atomic mass is 79.9. The maximum absolute atomic E-state index is 10.5. The van der Waals surface area contributed by atoms with Crippen LogP contribution in [0.15, 0.2) is 4.47 Å². The SMILES string of the molecule is Cc1c(Br)c([N+](=O)[O-])nn1CCCO. The Morgan fingerprint density at radius 3 is 2.79 bits per heavy atom. The number of halogens is 1. The van der Waals surface area contributed by atoms with Crippen LogP contribution < -0.4 is 0 Å². The molecule has 0 saturated heterocycles. The molecule has 6 nitrogen and oxygen atoms in total. The Labute approximate surface area is 88.8 Å². The second kappa shape index (κ2) is 4.52. The van der Waals surface area contributed by atoms with Crippen molar-refractivity contribution in [3.05, 3.63) is 20.3 Å². The van der Waals surface area contributed by atoms with Gasteiger partial charge < -0.3 is 15.2 Å². The van der Waals surface area contributed by atoms with E-state index in [1.165, 1.54) is 4.68 Å². The average molecular weight is 264 g/mol. The summed E-state index contributed by atoms with van der Waals surface area (Å²) in [5, 5.41) is 22.9. The van der Waals surface area contributed by atoms with Crippen LogP contribution in [0, 0.1) is 17.0 Å². The van der Waals surface area contributed by atoms with Gasteiger partial charge in [0.25, 0.3) is 0 Å². The molecule has 1 heterocycles. The number of nitro groups is 1. The second-order valence-electron chi connectivity index (χ2n) is 2.78. The Morgan fingerprint density at radius 2 is 2.36 bits per heavy atom. The van der Waals surface area contributed by atoms with Crippen molar-refractivity contribution in [3.63, 3.8) is 0 Å². The first-order valence-electron chi connectivity index (χ1n) is 4.06. The van der Waals surface area contributed by atoms with E-state index >= 15 is 0 Å². The third-order valence-electron chi connectivity index (χ3n) is 1.82. The van der Waals surface area contributed by atoms with E-state index in [0.717, 1.165) is 0 Å². The van der Waals surface area contributed by atoms with E-state index in [9.17, 15) is 10.1 Å². The molecule has 1 aromatic heterocycles. The Balaban J connectivity index is 2.96. The lowest BCUT2D eigenvalue weighted by atomic mass is 10.4. The van der Waals surface area contributed by atoms with Crippen LogP contribution in [0.3, 0.4) is 0 Å². The first-order chi connectivity index (χ1) is 6.57. The van der Waals surface area contributed by atoms with Gasteiger partial charge in [-0.2, -0.15) is 4.68 Å². The van der Waals surface area contributed by atoms with Gasteiger partial charge in [-0.3, -0.25) is 0 Å². The minimum absolute atomic E-state index is 0.0463. The first-order valence-corrected chi connectivity index (χ1v) is 4.85. The van der Waals surface area contributed by atoms with Crippen LogP contribution >= 0.6 is 15.9 Å².